The second-order valence-electron chi connectivity index (χ2n) is 5.99. The third kappa shape index (κ3) is 2.27. The third-order valence-electron chi connectivity index (χ3n) is 4.64. The maximum atomic E-state index is 12.0. The maximum absolute atomic E-state index is 12.0. The normalized spacial score (nSPS) is 19.5. The molecule has 1 atom stereocenters. The van der Waals surface area contributed by atoms with E-state index in [-0.39, 0.29) is 11.8 Å². The Bertz CT molecular complexity index is 887. The van der Waals surface area contributed by atoms with Crippen LogP contribution < -0.4 is 4.90 Å². The summed E-state index contributed by atoms with van der Waals surface area (Å²) in [6.45, 7) is 0. The van der Waals surface area contributed by atoms with E-state index in [2.05, 4.69) is 18.2 Å². The first-order valence-electron chi connectivity index (χ1n) is 7.84. The molecule has 0 radical (unpaired) electrons. The van der Waals surface area contributed by atoms with Crippen LogP contribution in [-0.4, -0.2) is 11.8 Å². The minimum Gasteiger partial charge on any atom is -0.269 e. The van der Waals surface area contributed by atoms with Gasteiger partial charge >= 0.3 is 0 Å². The number of carbonyl (C=O) groups excluding carboxylic acids is 2. The van der Waals surface area contributed by atoms with Crippen LogP contribution in [0.15, 0.2) is 42.5 Å². The average molecular weight is 334 g/mol. The quantitative estimate of drug-likeness (QED) is 0.792. The van der Waals surface area contributed by atoms with Gasteiger partial charge in [0.25, 0.3) is 11.8 Å². The second-order valence-corrected chi connectivity index (χ2v) is 7.07. The molecule has 4 nitrogen and oxygen atoms in total. The lowest BCUT2D eigenvalue weighted by Crippen LogP contribution is -2.29. The zero-order valence-electron chi connectivity index (χ0n) is 12.9. The Morgan fingerprint density at radius 3 is 2.50 bits per heavy atom. The molecule has 0 saturated carbocycles. The first-order valence-corrected chi connectivity index (χ1v) is 8.66. The highest BCUT2D eigenvalue weighted by molar-refractivity contribution is 7.17. The van der Waals surface area contributed by atoms with Gasteiger partial charge in [-0.05, 0) is 36.3 Å². The Kier molecular flexibility index (Phi) is 3.55. The fourth-order valence-corrected chi connectivity index (χ4v) is 4.84. The van der Waals surface area contributed by atoms with Crippen LogP contribution in [0.4, 0.5) is 5.00 Å². The molecule has 1 aliphatic carbocycles. The SMILES string of the molecule is N#Cc1c(N2C(=O)C=CC2=O)sc2c1CCC(c1ccccc1)C2. The highest BCUT2D eigenvalue weighted by Crippen LogP contribution is 2.44. The zero-order valence-corrected chi connectivity index (χ0v) is 13.7. The van der Waals surface area contributed by atoms with Crippen molar-refractivity contribution < 1.29 is 9.59 Å². The highest BCUT2D eigenvalue weighted by atomic mass is 32.1. The molecule has 1 unspecified atom stereocenters. The van der Waals surface area contributed by atoms with E-state index in [4.69, 9.17) is 0 Å². The Hall–Kier alpha value is -2.71. The number of nitrogens with zero attached hydrogens (tertiary/aromatic N) is 2. The number of nitriles is 1. The fraction of sp³-hybridized carbons (Fsp3) is 0.211. The number of amides is 2. The molecular formula is C19H14N2O2S. The summed E-state index contributed by atoms with van der Waals surface area (Å²) in [6.07, 6.45) is 5.15. The van der Waals surface area contributed by atoms with E-state index >= 15 is 0 Å². The zero-order chi connectivity index (χ0) is 16.7. The van der Waals surface area contributed by atoms with Gasteiger partial charge in [-0.3, -0.25) is 9.59 Å². The second kappa shape index (κ2) is 5.73. The molecule has 5 heteroatoms. The van der Waals surface area contributed by atoms with Crippen molar-refractivity contribution in [1.82, 2.24) is 0 Å². The molecule has 0 N–H and O–H groups in total. The summed E-state index contributed by atoms with van der Waals surface area (Å²) in [5.74, 6) is -0.315. The number of carbonyl (C=O) groups is 2. The summed E-state index contributed by atoms with van der Waals surface area (Å²) in [5.41, 5.74) is 2.80. The number of hydrogen-bond donors (Lipinski definition) is 0. The summed E-state index contributed by atoms with van der Waals surface area (Å²) >= 11 is 1.41. The molecule has 0 bridgehead atoms. The minimum absolute atomic E-state index is 0.366. The van der Waals surface area contributed by atoms with Gasteiger partial charge in [0.1, 0.15) is 11.1 Å². The molecule has 24 heavy (non-hydrogen) atoms. The fourth-order valence-electron chi connectivity index (χ4n) is 3.45. The number of hydrogen-bond acceptors (Lipinski definition) is 4. The van der Waals surface area contributed by atoms with Crippen molar-refractivity contribution in [2.24, 2.45) is 0 Å². The van der Waals surface area contributed by atoms with Crippen LogP contribution in [0, 0.1) is 11.3 Å². The molecule has 1 aliphatic heterocycles. The van der Waals surface area contributed by atoms with E-state index in [1.165, 1.54) is 29.1 Å². The van der Waals surface area contributed by atoms with Crippen molar-refractivity contribution in [2.75, 3.05) is 4.90 Å². The number of benzene rings is 1. The smallest absolute Gasteiger partial charge is 0.258 e. The summed E-state index contributed by atoms with van der Waals surface area (Å²) < 4.78 is 0. The van der Waals surface area contributed by atoms with Gasteiger partial charge < -0.3 is 0 Å². The molecule has 2 aliphatic rings. The Balaban J connectivity index is 1.72. The molecule has 1 aromatic carbocycles. The van der Waals surface area contributed by atoms with Gasteiger partial charge in [0.2, 0.25) is 0 Å². The van der Waals surface area contributed by atoms with Gasteiger partial charge in [0.15, 0.2) is 0 Å². The molecule has 1 aromatic heterocycles. The molecule has 2 amide bonds. The third-order valence-corrected chi connectivity index (χ3v) is 5.88. The van der Waals surface area contributed by atoms with E-state index in [9.17, 15) is 14.9 Å². The molecule has 2 aromatic rings. The van der Waals surface area contributed by atoms with Crippen molar-refractivity contribution in [1.29, 1.82) is 5.26 Å². The van der Waals surface area contributed by atoms with E-state index in [0.717, 1.165) is 34.6 Å². The van der Waals surface area contributed by atoms with Crippen LogP contribution in [0.3, 0.4) is 0 Å². The lowest BCUT2D eigenvalue weighted by Gasteiger charge is -2.22. The topological polar surface area (TPSA) is 61.2 Å². The molecule has 0 spiro atoms. The lowest BCUT2D eigenvalue weighted by molar-refractivity contribution is -0.119. The van der Waals surface area contributed by atoms with E-state index in [0.29, 0.717) is 16.5 Å². The predicted molar refractivity (Wildman–Crippen MR) is 91.9 cm³/mol. The largest absolute Gasteiger partial charge is 0.269 e. The standard InChI is InChI=1S/C19H14N2O2S/c20-11-15-14-7-6-13(12-4-2-1-3-5-12)10-16(14)24-19(15)21-17(22)8-9-18(21)23/h1-5,8-9,13H,6-7,10H2. The van der Waals surface area contributed by atoms with Crippen molar-refractivity contribution >= 4 is 28.2 Å². The number of fused-ring (bicyclic) bond motifs is 1. The molecule has 118 valence electrons. The highest BCUT2D eigenvalue weighted by Gasteiger charge is 2.33. The number of anilines is 1. The Morgan fingerprint density at radius 1 is 1.12 bits per heavy atom. The molecule has 4 rings (SSSR count). The van der Waals surface area contributed by atoms with Crippen LogP contribution in [0.5, 0.6) is 0 Å². The van der Waals surface area contributed by atoms with Crippen molar-refractivity contribution in [3.8, 4) is 6.07 Å². The van der Waals surface area contributed by atoms with E-state index in [1.54, 1.807) is 0 Å². The monoisotopic (exact) mass is 334 g/mol. The Labute approximate surface area is 143 Å². The first kappa shape index (κ1) is 14.9. The van der Waals surface area contributed by atoms with E-state index in [1.807, 2.05) is 18.2 Å². The molecular weight excluding hydrogens is 320 g/mol. The van der Waals surface area contributed by atoms with Crippen molar-refractivity contribution in [3.05, 3.63) is 64.1 Å². The van der Waals surface area contributed by atoms with Gasteiger partial charge in [0, 0.05) is 17.0 Å². The molecule has 0 saturated heterocycles. The number of rotatable bonds is 2. The van der Waals surface area contributed by atoms with Crippen LogP contribution in [-0.2, 0) is 22.4 Å². The Morgan fingerprint density at radius 2 is 1.83 bits per heavy atom. The predicted octanol–water partition coefficient (Wildman–Crippen LogP) is 3.32. The van der Waals surface area contributed by atoms with Crippen molar-refractivity contribution in [2.45, 2.75) is 25.2 Å². The molecule has 2 heterocycles. The summed E-state index contributed by atoms with van der Waals surface area (Å²) in [6, 6.07) is 12.6. The average Bonchev–Trinajstić information content (AvgIpc) is 3.13. The van der Waals surface area contributed by atoms with Crippen molar-refractivity contribution in [3.63, 3.8) is 0 Å². The van der Waals surface area contributed by atoms with Gasteiger partial charge in [0.05, 0.1) is 5.56 Å². The van der Waals surface area contributed by atoms with Gasteiger partial charge in [-0.25, -0.2) is 4.90 Å². The van der Waals surface area contributed by atoms with Gasteiger partial charge in [-0.15, -0.1) is 11.3 Å². The number of imide groups is 1. The summed E-state index contributed by atoms with van der Waals surface area (Å²) in [7, 11) is 0. The minimum atomic E-state index is -0.366. The van der Waals surface area contributed by atoms with Crippen LogP contribution in [0.1, 0.15) is 33.9 Å². The van der Waals surface area contributed by atoms with Crippen LogP contribution in [0.25, 0.3) is 0 Å². The summed E-state index contributed by atoms with van der Waals surface area (Å²) in [4.78, 5) is 26.2. The lowest BCUT2D eigenvalue weighted by atomic mass is 9.83. The molecule has 0 fully saturated rings. The van der Waals surface area contributed by atoms with Crippen LogP contribution >= 0.6 is 11.3 Å². The van der Waals surface area contributed by atoms with E-state index < -0.39 is 0 Å². The summed E-state index contributed by atoms with van der Waals surface area (Å²) in [5, 5.41) is 10.0. The van der Waals surface area contributed by atoms with Crippen LogP contribution in [0.2, 0.25) is 0 Å². The van der Waals surface area contributed by atoms with Gasteiger partial charge in [-0.1, -0.05) is 30.3 Å². The first-order chi connectivity index (χ1) is 11.7. The van der Waals surface area contributed by atoms with Gasteiger partial charge in [-0.2, -0.15) is 5.26 Å². The number of thiophene rings is 1. The maximum Gasteiger partial charge on any atom is 0.258 e.